The van der Waals surface area contributed by atoms with Crippen molar-refractivity contribution in [3.8, 4) is 0 Å². The highest BCUT2D eigenvalue weighted by molar-refractivity contribution is 5.88. The second-order valence-electron chi connectivity index (χ2n) is 4.68. The largest absolute Gasteiger partial charge is 0.478 e. The number of hydrogen-bond acceptors (Lipinski definition) is 4. The second-order valence-corrected chi connectivity index (χ2v) is 4.68. The van der Waals surface area contributed by atoms with Crippen LogP contribution in [0.3, 0.4) is 0 Å². The van der Waals surface area contributed by atoms with Gasteiger partial charge < -0.3 is 19.6 Å². The number of aryl methyl sites for hydroxylation is 1. The van der Waals surface area contributed by atoms with Gasteiger partial charge in [-0.1, -0.05) is 0 Å². The van der Waals surface area contributed by atoms with E-state index in [1.807, 2.05) is 0 Å². The van der Waals surface area contributed by atoms with Crippen molar-refractivity contribution in [3.05, 3.63) is 23.2 Å². The quantitative estimate of drug-likeness (QED) is 0.691. The lowest BCUT2D eigenvalue weighted by Crippen LogP contribution is -2.19. The van der Waals surface area contributed by atoms with Gasteiger partial charge in [0.2, 0.25) is 0 Å². The van der Waals surface area contributed by atoms with E-state index in [2.05, 4.69) is 5.32 Å². The molecule has 0 amide bonds. The normalized spacial score (nSPS) is 14.9. The fraction of sp³-hybridized carbons (Fsp3) is 0.615. The van der Waals surface area contributed by atoms with Crippen LogP contribution in [0.25, 0.3) is 0 Å². The Morgan fingerprint density at radius 3 is 3.00 bits per heavy atom. The minimum Gasteiger partial charge on any atom is -0.478 e. The number of carboxylic acids is 1. The lowest BCUT2D eigenvalue weighted by molar-refractivity contribution is 0.0695. The molecular formula is C13H19NO4. The average Bonchev–Trinajstić information content (AvgIpc) is 3.06. The van der Waals surface area contributed by atoms with Crippen molar-refractivity contribution in [2.45, 2.75) is 26.3 Å². The van der Waals surface area contributed by atoms with Crippen molar-refractivity contribution >= 4 is 5.97 Å². The van der Waals surface area contributed by atoms with Crippen molar-refractivity contribution in [3.63, 3.8) is 0 Å². The summed E-state index contributed by atoms with van der Waals surface area (Å²) in [6, 6.07) is 1.57. The number of rotatable bonds is 8. The van der Waals surface area contributed by atoms with Gasteiger partial charge in [-0.3, -0.25) is 0 Å². The van der Waals surface area contributed by atoms with Crippen LogP contribution in [-0.2, 0) is 11.3 Å². The van der Waals surface area contributed by atoms with Crippen molar-refractivity contribution in [2.75, 3.05) is 19.8 Å². The first-order chi connectivity index (χ1) is 8.66. The van der Waals surface area contributed by atoms with Crippen LogP contribution < -0.4 is 5.32 Å². The first-order valence-corrected chi connectivity index (χ1v) is 6.28. The van der Waals surface area contributed by atoms with E-state index in [1.54, 1.807) is 13.0 Å². The number of aromatic carboxylic acids is 1. The molecule has 1 heterocycles. The van der Waals surface area contributed by atoms with E-state index in [0.29, 0.717) is 24.7 Å². The number of carboxylic acid groups (broad SMARTS) is 1. The summed E-state index contributed by atoms with van der Waals surface area (Å²) in [5, 5.41) is 12.0. The van der Waals surface area contributed by atoms with Crippen LogP contribution in [0.5, 0.6) is 0 Å². The van der Waals surface area contributed by atoms with Gasteiger partial charge in [0.25, 0.3) is 0 Å². The molecule has 5 nitrogen and oxygen atoms in total. The van der Waals surface area contributed by atoms with Gasteiger partial charge in [0.15, 0.2) is 0 Å². The van der Waals surface area contributed by atoms with Crippen molar-refractivity contribution in [2.24, 2.45) is 5.92 Å². The summed E-state index contributed by atoms with van der Waals surface area (Å²) >= 11 is 0. The summed E-state index contributed by atoms with van der Waals surface area (Å²) in [5.74, 6) is 0.933. The predicted molar refractivity (Wildman–Crippen MR) is 65.7 cm³/mol. The highest BCUT2D eigenvalue weighted by atomic mass is 16.5. The number of nitrogens with one attached hydrogen (secondary N) is 1. The zero-order valence-electron chi connectivity index (χ0n) is 10.6. The Labute approximate surface area is 106 Å². The van der Waals surface area contributed by atoms with E-state index in [0.717, 1.165) is 19.1 Å². The smallest absolute Gasteiger partial charge is 0.339 e. The van der Waals surface area contributed by atoms with E-state index >= 15 is 0 Å². The molecule has 2 N–H and O–H groups in total. The van der Waals surface area contributed by atoms with Crippen LogP contribution in [0.4, 0.5) is 0 Å². The molecule has 1 aromatic heterocycles. The third kappa shape index (κ3) is 3.85. The van der Waals surface area contributed by atoms with Crippen molar-refractivity contribution in [1.29, 1.82) is 0 Å². The van der Waals surface area contributed by atoms with Crippen LogP contribution >= 0.6 is 0 Å². The summed E-state index contributed by atoms with van der Waals surface area (Å²) in [5.41, 5.74) is 0.233. The highest BCUT2D eigenvalue weighted by Crippen LogP contribution is 2.28. The third-order valence-corrected chi connectivity index (χ3v) is 2.97. The van der Waals surface area contributed by atoms with Crippen LogP contribution in [0.2, 0.25) is 0 Å². The van der Waals surface area contributed by atoms with E-state index in [1.165, 1.54) is 12.8 Å². The number of furan rings is 1. The molecule has 2 rings (SSSR count). The Kier molecular flexibility index (Phi) is 4.38. The Morgan fingerprint density at radius 2 is 2.39 bits per heavy atom. The van der Waals surface area contributed by atoms with Crippen molar-refractivity contribution in [1.82, 2.24) is 5.32 Å². The summed E-state index contributed by atoms with van der Waals surface area (Å²) in [7, 11) is 0. The topological polar surface area (TPSA) is 71.7 Å². The van der Waals surface area contributed by atoms with Crippen LogP contribution in [-0.4, -0.2) is 30.8 Å². The van der Waals surface area contributed by atoms with Gasteiger partial charge in [0.05, 0.1) is 13.2 Å². The molecule has 0 aliphatic heterocycles. The van der Waals surface area contributed by atoms with E-state index in [-0.39, 0.29) is 5.56 Å². The minimum atomic E-state index is -0.949. The maximum Gasteiger partial charge on any atom is 0.339 e. The van der Waals surface area contributed by atoms with Gasteiger partial charge in [0.1, 0.15) is 17.1 Å². The molecule has 1 aromatic rings. The zero-order chi connectivity index (χ0) is 13.0. The van der Waals surface area contributed by atoms with Gasteiger partial charge in [-0.05, 0) is 31.7 Å². The molecule has 1 aliphatic rings. The molecule has 0 aromatic carbocycles. The molecule has 0 radical (unpaired) electrons. The lowest BCUT2D eigenvalue weighted by atomic mass is 10.2. The SMILES string of the molecule is Cc1oc(CNCCOCC2CC2)cc1C(=O)O. The molecule has 100 valence electrons. The molecule has 0 atom stereocenters. The fourth-order valence-electron chi connectivity index (χ4n) is 1.73. The van der Waals surface area contributed by atoms with E-state index in [9.17, 15) is 4.79 Å². The number of ether oxygens (including phenoxy) is 1. The molecule has 0 bridgehead atoms. The van der Waals surface area contributed by atoms with E-state index < -0.39 is 5.97 Å². The predicted octanol–water partition coefficient (Wildman–Crippen LogP) is 1.80. The Balaban J connectivity index is 1.63. The lowest BCUT2D eigenvalue weighted by Gasteiger charge is -2.03. The molecule has 1 saturated carbocycles. The van der Waals surface area contributed by atoms with Gasteiger partial charge >= 0.3 is 5.97 Å². The first kappa shape index (κ1) is 13.1. The Morgan fingerprint density at radius 1 is 1.61 bits per heavy atom. The molecule has 0 spiro atoms. The van der Waals surface area contributed by atoms with Gasteiger partial charge in [0, 0.05) is 13.2 Å². The van der Waals surface area contributed by atoms with Gasteiger partial charge in [-0.25, -0.2) is 4.79 Å². The maximum atomic E-state index is 10.8. The molecule has 1 fully saturated rings. The standard InChI is InChI=1S/C13H19NO4/c1-9-12(13(15)16)6-11(18-9)7-14-4-5-17-8-10-2-3-10/h6,10,14H,2-5,7-8H2,1H3,(H,15,16). The summed E-state index contributed by atoms with van der Waals surface area (Å²) in [4.78, 5) is 10.8. The average molecular weight is 253 g/mol. The monoisotopic (exact) mass is 253 g/mol. The second kappa shape index (κ2) is 6.02. The third-order valence-electron chi connectivity index (χ3n) is 2.97. The number of hydrogen-bond donors (Lipinski definition) is 2. The van der Waals surface area contributed by atoms with Crippen molar-refractivity contribution < 1.29 is 19.1 Å². The fourth-order valence-corrected chi connectivity index (χ4v) is 1.73. The molecule has 5 heteroatoms. The summed E-state index contributed by atoms with van der Waals surface area (Å²) < 4.78 is 10.8. The highest BCUT2D eigenvalue weighted by Gasteiger charge is 2.20. The minimum absolute atomic E-state index is 0.233. The first-order valence-electron chi connectivity index (χ1n) is 6.28. The molecule has 0 saturated heterocycles. The molecular weight excluding hydrogens is 234 g/mol. The van der Waals surface area contributed by atoms with E-state index in [4.69, 9.17) is 14.3 Å². The summed E-state index contributed by atoms with van der Waals surface area (Å²) in [6.45, 7) is 4.48. The zero-order valence-corrected chi connectivity index (χ0v) is 10.6. The van der Waals surface area contributed by atoms with Gasteiger partial charge in [-0.2, -0.15) is 0 Å². The van der Waals surface area contributed by atoms with Gasteiger partial charge in [-0.15, -0.1) is 0 Å². The number of carbonyl (C=O) groups is 1. The van der Waals surface area contributed by atoms with Crippen LogP contribution in [0.15, 0.2) is 10.5 Å². The molecule has 18 heavy (non-hydrogen) atoms. The van der Waals surface area contributed by atoms with Crippen LogP contribution in [0.1, 0.15) is 34.7 Å². The Bertz CT molecular complexity index is 409. The maximum absolute atomic E-state index is 10.8. The summed E-state index contributed by atoms with van der Waals surface area (Å²) in [6.07, 6.45) is 2.61. The molecule has 1 aliphatic carbocycles. The molecule has 0 unspecified atom stereocenters. The van der Waals surface area contributed by atoms with Crippen LogP contribution in [0, 0.1) is 12.8 Å². The Hall–Kier alpha value is -1.33.